The number of thiophene rings is 1. The lowest BCUT2D eigenvalue weighted by atomic mass is 10.1. The average Bonchev–Trinajstić information content (AvgIpc) is 3.26. The lowest BCUT2D eigenvalue weighted by Crippen LogP contribution is -2.39. The molecule has 0 bridgehead atoms. The maximum Gasteiger partial charge on any atom is 0.191 e. The van der Waals surface area contributed by atoms with E-state index in [0.717, 1.165) is 44.2 Å². The van der Waals surface area contributed by atoms with Crippen LogP contribution in [-0.4, -0.2) is 32.6 Å². The van der Waals surface area contributed by atoms with Gasteiger partial charge in [-0.05, 0) is 43.5 Å². The van der Waals surface area contributed by atoms with E-state index in [9.17, 15) is 8.78 Å². The molecule has 3 rings (SSSR count). The Morgan fingerprint density at radius 3 is 2.77 bits per heavy atom. The molecule has 2 aromatic rings. The summed E-state index contributed by atoms with van der Waals surface area (Å²) >= 11 is 1.77. The molecule has 0 aliphatic carbocycles. The Balaban J connectivity index is 1.46. The summed E-state index contributed by atoms with van der Waals surface area (Å²) in [6, 6.07) is 8.33. The molecular formula is C19H24F2N4S. The van der Waals surface area contributed by atoms with E-state index >= 15 is 0 Å². The lowest BCUT2D eigenvalue weighted by Gasteiger charge is -2.19. The molecule has 1 aromatic carbocycles. The molecule has 4 nitrogen and oxygen atoms in total. The van der Waals surface area contributed by atoms with E-state index in [1.807, 2.05) is 0 Å². The van der Waals surface area contributed by atoms with Gasteiger partial charge in [-0.25, -0.2) is 8.78 Å². The van der Waals surface area contributed by atoms with E-state index in [2.05, 4.69) is 39.6 Å². The van der Waals surface area contributed by atoms with Crippen LogP contribution < -0.4 is 15.5 Å². The summed E-state index contributed by atoms with van der Waals surface area (Å²) in [5, 5.41) is 6.69. The largest absolute Gasteiger partial charge is 0.371 e. The predicted molar refractivity (Wildman–Crippen MR) is 104 cm³/mol. The van der Waals surface area contributed by atoms with E-state index in [1.54, 1.807) is 24.5 Å². The van der Waals surface area contributed by atoms with Crippen LogP contribution in [0, 0.1) is 24.5 Å². The third-order valence-corrected chi connectivity index (χ3v) is 5.56. The number of benzene rings is 1. The van der Waals surface area contributed by atoms with Gasteiger partial charge in [-0.3, -0.25) is 4.99 Å². The molecule has 1 aliphatic rings. The number of nitrogens with one attached hydrogen (secondary N) is 2. The summed E-state index contributed by atoms with van der Waals surface area (Å²) in [6.45, 7) is 5.31. The van der Waals surface area contributed by atoms with Crippen LogP contribution in [0.4, 0.5) is 14.5 Å². The highest BCUT2D eigenvalue weighted by Crippen LogP contribution is 2.25. The highest BCUT2D eigenvalue weighted by Gasteiger charge is 2.23. The van der Waals surface area contributed by atoms with Crippen LogP contribution in [0.1, 0.15) is 16.2 Å². The van der Waals surface area contributed by atoms with Crippen LogP contribution >= 0.6 is 11.3 Å². The molecule has 2 N–H and O–H groups in total. The summed E-state index contributed by atoms with van der Waals surface area (Å²) in [5.74, 6) is -0.382. The molecule has 1 fully saturated rings. The predicted octanol–water partition coefficient (Wildman–Crippen LogP) is 3.53. The Kier molecular flexibility index (Phi) is 6.08. The van der Waals surface area contributed by atoms with Gasteiger partial charge in [0.2, 0.25) is 0 Å². The van der Waals surface area contributed by atoms with Gasteiger partial charge in [0.15, 0.2) is 17.6 Å². The summed E-state index contributed by atoms with van der Waals surface area (Å²) in [4.78, 5) is 8.93. The summed E-state index contributed by atoms with van der Waals surface area (Å²) < 4.78 is 26.5. The van der Waals surface area contributed by atoms with Crippen LogP contribution in [0.5, 0.6) is 0 Å². The number of aryl methyl sites for hydroxylation is 1. The molecule has 140 valence electrons. The first-order valence-electron chi connectivity index (χ1n) is 8.75. The SMILES string of the molecule is CN=C(NCc1ccc(C)s1)NCC1CCN(c2ccc(F)c(F)c2)C1. The Labute approximate surface area is 156 Å². The number of anilines is 1. The van der Waals surface area contributed by atoms with Gasteiger partial charge < -0.3 is 15.5 Å². The summed E-state index contributed by atoms with van der Waals surface area (Å²) in [6.07, 6.45) is 1.01. The molecule has 0 saturated carbocycles. The Morgan fingerprint density at radius 2 is 2.08 bits per heavy atom. The molecule has 26 heavy (non-hydrogen) atoms. The number of rotatable bonds is 5. The van der Waals surface area contributed by atoms with Gasteiger partial charge >= 0.3 is 0 Å². The van der Waals surface area contributed by atoms with E-state index in [1.165, 1.54) is 21.9 Å². The zero-order chi connectivity index (χ0) is 18.5. The van der Waals surface area contributed by atoms with Crippen molar-refractivity contribution < 1.29 is 8.78 Å². The van der Waals surface area contributed by atoms with Gasteiger partial charge in [-0.2, -0.15) is 0 Å². The van der Waals surface area contributed by atoms with Gasteiger partial charge in [0.25, 0.3) is 0 Å². The second-order valence-electron chi connectivity index (χ2n) is 6.52. The molecule has 0 spiro atoms. The highest BCUT2D eigenvalue weighted by atomic mass is 32.1. The topological polar surface area (TPSA) is 39.7 Å². The Morgan fingerprint density at radius 1 is 1.23 bits per heavy atom. The lowest BCUT2D eigenvalue weighted by molar-refractivity contribution is 0.508. The Bertz CT molecular complexity index is 775. The fraction of sp³-hybridized carbons (Fsp3) is 0.421. The van der Waals surface area contributed by atoms with Crippen LogP contribution in [0.2, 0.25) is 0 Å². The third-order valence-electron chi connectivity index (χ3n) is 4.56. The van der Waals surface area contributed by atoms with Crippen molar-refractivity contribution in [2.75, 3.05) is 31.6 Å². The van der Waals surface area contributed by atoms with Crippen LogP contribution in [-0.2, 0) is 6.54 Å². The van der Waals surface area contributed by atoms with Crippen molar-refractivity contribution in [1.82, 2.24) is 10.6 Å². The van der Waals surface area contributed by atoms with Crippen molar-refractivity contribution in [3.63, 3.8) is 0 Å². The van der Waals surface area contributed by atoms with Gasteiger partial charge in [-0.1, -0.05) is 0 Å². The van der Waals surface area contributed by atoms with Gasteiger partial charge in [0, 0.05) is 48.2 Å². The fourth-order valence-corrected chi connectivity index (χ4v) is 3.96. The van der Waals surface area contributed by atoms with E-state index in [4.69, 9.17) is 0 Å². The third kappa shape index (κ3) is 4.72. The summed E-state index contributed by atoms with van der Waals surface area (Å²) in [7, 11) is 1.76. The number of halogens is 2. The standard InChI is InChI=1S/C19H24F2N4S/c1-13-3-5-16(26-13)11-24-19(22-2)23-10-14-7-8-25(12-14)15-4-6-17(20)18(21)9-15/h3-6,9,14H,7-8,10-12H2,1-2H3,(H2,22,23,24). The van der Waals surface area contributed by atoms with Crippen LogP contribution in [0.15, 0.2) is 35.3 Å². The normalized spacial score (nSPS) is 17.6. The van der Waals surface area contributed by atoms with Crippen molar-refractivity contribution in [2.24, 2.45) is 10.9 Å². The van der Waals surface area contributed by atoms with Crippen molar-refractivity contribution in [1.29, 1.82) is 0 Å². The van der Waals surface area contributed by atoms with Crippen molar-refractivity contribution in [2.45, 2.75) is 19.9 Å². The van der Waals surface area contributed by atoms with Gasteiger partial charge in [0.1, 0.15) is 0 Å². The van der Waals surface area contributed by atoms with Crippen LogP contribution in [0.25, 0.3) is 0 Å². The number of hydrogen-bond acceptors (Lipinski definition) is 3. The monoisotopic (exact) mass is 378 g/mol. The number of guanidine groups is 1. The fourth-order valence-electron chi connectivity index (χ4n) is 3.13. The van der Waals surface area contributed by atoms with Crippen molar-refractivity contribution in [3.8, 4) is 0 Å². The molecule has 1 aromatic heterocycles. The smallest absolute Gasteiger partial charge is 0.191 e. The first kappa shape index (κ1) is 18.6. The molecule has 7 heteroatoms. The zero-order valence-corrected chi connectivity index (χ0v) is 15.9. The van der Waals surface area contributed by atoms with Crippen molar-refractivity contribution in [3.05, 3.63) is 51.7 Å². The van der Waals surface area contributed by atoms with Crippen molar-refractivity contribution >= 4 is 23.0 Å². The maximum absolute atomic E-state index is 13.4. The minimum absolute atomic E-state index is 0.436. The quantitative estimate of drug-likeness (QED) is 0.618. The van der Waals surface area contributed by atoms with E-state index in [0.29, 0.717) is 5.92 Å². The van der Waals surface area contributed by atoms with E-state index in [-0.39, 0.29) is 0 Å². The van der Waals surface area contributed by atoms with Crippen LogP contribution in [0.3, 0.4) is 0 Å². The number of hydrogen-bond donors (Lipinski definition) is 2. The highest BCUT2D eigenvalue weighted by molar-refractivity contribution is 7.11. The molecule has 1 atom stereocenters. The molecule has 1 aliphatic heterocycles. The molecule has 0 amide bonds. The molecular weight excluding hydrogens is 354 g/mol. The second kappa shape index (κ2) is 8.49. The van der Waals surface area contributed by atoms with E-state index < -0.39 is 11.6 Å². The number of nitrogens with zero attached hydrogens (tertiary/aromatic N) is 2. The second-order valence-corrected chi connectivity index (χ2v) is 7.89. The average molecular weight is 378 g/mol. The zero-order valence-electron chi connectivity index (χ0n) is 15.1. The van der Waals surface area contributed by atoms with Gasteiger partial charge in [0.05, 0.1) is 6.54 Å². The molecule has 1 unspecified atom stereocenters. The first-order chi connectivity index (χ1) is 12.5. The minimum Gasteiger partial charge on any atom is -0.371 e. The summed E-state index contributed by atoms with van der Waals surface area (Å²) in [5.41, 5.74) is 0.738. The van der Waals surface area contributed by atoms with Gasteiger partial charge in [-0.15, -0.1) is 11.3 Å². The maximum atomic E-state index is 13.4. The Hall–Kier alpha value is -2.15. The molecule has 2 heterocycles. The number of aliphatic imine (C=N–C) groups is 1. The molecule has 0 radical (unpaired) electrons. The minimum atomic E-state index is -0.804. The molecule has 1 saturated heterocycles. The first-order valence-corrected chi connectivity index (χ1v) is 9.56.